The summed E-state index contributed by atoms with van der Waals surface area (Å²) < 4.78 is 15.3. The molecule has 0 spiro atoms. The maximum absolute atomic E-state index is 12.1. The van der Waals surface area contributed by atoms with Crippen LogP contribution in [0.1, 0.15) is 87.0 Å². The van der Waals surface area contributed by atoms with Crippen LogP contribution in [0.2, 0.25) is 0 Å². The summed E-state index contributed by atoms with van der Waals surface area (Å²) in [5.74, 6) is -1.55. The zero-order chi connectivity index (χ0) is 22.9. The molecule has 0 aromatic carbocycles. The summed E-state index contributed by atoms with van der Waals surface area (Å²) in [6.07, 6.45) is -0.183. The third-order valence-corrected chi connectivity index (χ3v) is 3.91. The highest BCUT2D eigenvalue weighted by Gasteiger charge is 2.43. The van der Waals surface area contributed by atoms with Gasteiger partial charge in [0.15, 0.2) is 0 Å². The Balaban J connectivity index is 5.22. The number of nitro groups is 1. The van der Waals surface area contributed by atoms with Gasteiger partial charge in [-0.25, -0.2) is 0 Å². The van der Waals surface area contributed by atoms with Crippen molar-refractivity contribution in [2.75, 3.05) is 6.61 Å². The van der Waals surface area contributed by atoms with Crippen molar-refractivity contribution in [3.8, 4) is 0 Å². The third kappa shape index (κ3) is 12.8. The smallest absolute Gasteiger partial charge is 0.306 e. The Morgan fingerprint density at radius 1 is 0.828 bits per heavy atom. The number of ether oxygens (including phenoxy) is 3. The lowest BCUT2D eigenvalue weighted by molar-refractivity contribution is -0.574. The first-order chi connectivity index (χ1) is 13.1. The molecule has 0 bridgehead atoms. The molecule has 0 saturated heterocycles. The molecule has 0 radical (unpaired) electrons. The van der Waals surface area contributed by atoms with Crippen LogP contribution >= 0.6 is 0 Å². The van der Waals surface area contributed by atoms with Crippen molar-refractivity contribution in [2.24, 2.45) is 0 Å². The van der Waals surface area contributed by atoms with Gasteiger partial charge in [-0.3, -0.25) is 24.5 Å². The molecule has 0 aromatic heterocycles. The Hall–Kier alpha value is -2.19. The highest BCUT2D eigenvalue weighted by Crippen LogP contribution is 2.30. The lowest BCUT2D eigenvalue weighted by Gasteiger charge is -2.27. The minimum Gasteiger partial charge on any atom is -0.466 e. The van der Waals surface area contributed by atoms with Crippen molar-refractivity contribution < 1.29 is 33.5 Å². The van der Waals surface area contributed by atoms with E-state index in [1.165, 1.54) is 6.92 Å². The van der Waals surface area contributed by atoms with Crippen LogP contribution in [0, 0.1) is 10.1 Å². The van der Waals surface area contributed by atoms with Gasteiger partial charge < -0.3 is 14.2 Å². The van der Waals surface area contributed by atoms with E-state index in [1.54, 1.807) is 41.5 Å². The molecule has 0 fully saturated rings. The Morgan fingerprint density at radius 2 is 1.24 bits per heavy atom. The number of hydrogen-bond acceptors (Lipinski definition) is 8. The van der Waals surface area contributed by atoms with Crippen molar-refractivity contribution in [1.29, 1.82) is 0 Å². The van der Waals surface area contributed by atoms with Crippen LogP contribution in [-0.4, -0.2) is 46.2 Å². The number of hydrogen-bond donors (Lipinski definition) is 0. The maximum atomic E-state index is 12.1. The molecular formula is C20H35NO8. The van der Waals surface area contributed by atoms with Crippen molar-refractivity contribution in [2.45, 2.75) is 104 Å². The number of esters is 3. The number of carbonyl (C=O) groups excluding carboxylic acids is 3. The van der Waals surface area contributed by atoms with E-state index in [1.807, 2.05) is 0 Å². The minimum absolute atomic E-state index is 0.0315. The predicted octanol–water partition coefficient (Wildman–Crippen LogP) is 3.59. The summed E-state index contributed by atoms with van der Waals surface area (Å²) in [5.41, 5.74) is -2.91. The lowest BCUT2D eigenvalue weighted by Crippen LogP contribution is -2.40. The zero-order valence-corrected chi connectivity index (χ0v) is 18.7. The van der Waals surface area contributed by atoms with Gasteiger partial charge in [-0.1, -0.05) is 0 Å². The zero-order valence-electron chi connectivity index (χ0n) is 18.7. The molecule has 0 atom stereocenters. The molecule has 0 unspecified atom stereocenters. The van der Waals surface area contributed by atoms with Gasteiger partial charge in [0.1, 0.15) is 11.2 Å². The van der Waals surface area contributed by atoms with Gasteiger partial charge in [0.25, 0.3) is 0 Å². The molecule has 0 heterocycles. The van der Waals surface area contributed by atoms with Crippen LogP contribution in [0.5, 0.6) is 0 Å². The van der Waals surface area contributed by atoms with E-state index in [4.69, 9.17) is 14.2 Å². The van der Waals surface area contributed by atoms with Crippen LogP contribution in [0.25, 0.3) is 0 Å². The highest BCUT2D eigenvalue weighted by atomic mass is 16.6. The molecule has 168 valence electrons. The Kier molecular flexibility index (Phi) is 10.3. The first-order valence-electron chi connectivity index (χ1n) is 9.78. The monoisotopic (exact) mass is 417 g/mol. The molecule has 9 nitrogen and oxygen atoms in total. The fraction of sp³-hybridized carbons (Fsp3) is 0.850. The van der Waals surface area contributed by atoms with Gasteiger partial charge in [-0.15, -0.1) is 0 Å². The third-order valence-electron chi connectivity index (χ3n) is 3.91. The molecule has 0 aliphatic heterocycles. The summed E-state index contributed by atoms with van der Waals surface area (Å²) in [7, 11) is 0. The molecule has 0 rings (SSSR count). The van der Waals surface area contributed by atoms with Crippen LogP contribution in [0.4, 0.5) is 0 Å². The van der Waals surface area contributed by atoms with Gasteiger partial charge in [-0.05, 0) is 48.0 Å². The average Bonchev–Trinajstić information content (AvgIpc) is 2.49. The molecule has 0 aliphatic rings. The predicted molar refractivity (Wildman–Crippen MR) is 106 cm³/mol. The van der Waals surface area contributed by atoms with Crippen molar-refractivity contribution >= 4 is 17.9 Å². The Morgan fingerprint density at radius 3 is 1.55 bits per heavy atom. The Bertz CT molecular complexity index is 554. The standard InChI is InChI=1S/C20H35NO8/c1-15(22)27-14-8-11-20(21(25)26,12-9-16(23)28-18(2,3)4)13-10-17(24)29-19(5,6)7/h8-14H2,1-7H3. The van der Waals surface area contributed by atoms with E-state index in [2.05, 4.69) is 0 Å². The normalized spacial score (nSPS) is 12.2. The first-order valence-corrected chi connectivity index (χ1v) is 9.78. The van der Waals surface area contributed by atoms with Crippen molar-refractivity contribution in [3.63, 3.8) is 0 Å². The van der Waals surface area contributed by atoms with E-state index >= 15 is 0 Å². The largest absolute Gasteiger partial charge is 0.466 e. The topological polar surface area (TPSA) is 122 Å². The number of carbonyl (C=O) groups is 3. The van der Waals surface area contributed by atoms with Crippen LogP contribution in [0.3, 0.4) is 0 Å². The van der Waals surface area contributed by atoms with E-state index in [9.17, 15) is 24.5 Å². The Labute approximate surface area is 172 Å². The van der Waals surface area contributed by atoms with Gasteiger partial charge in [0.2, 0.25) is 5.54 Å². The molecule has 0 aromatic rings. The quantitative estimate of drug-likeness (QED) is 0.164. The molecule has 0 N–H and O–H groups in total. The summed E-state index contributed by atoms with van der Waals surface area (Å²) in [5, 5.41) is 11.9. The van der Waals surface area contributed by atoms with E-state index in [-0.39, 0.29) is 45.1 Å². The van der Waals surface area contributed by atoms with Crippen LogP contribution in [0.15, 0.2) is 0 Å². The van der Waals surface area contributed by atoms with Crippen molar-refractivity contribution in [1.82, 2.24) is 0 Å². The molecule has 29 heavy (non-hydrogen) atoms. The second-order valence-electron chi connectivity index (χ2n) is 9.10. The van der Waals surface area contributed by atoms with Gasteiger partial charge in [-0.2, -0.15) is 0 Å². The molecule has 0 saturated carbocycles. The molecule has 9 heteroatoms. The van der Waals surface area contributed by atoms with E-state index in [0.29, 0.717) is 0 Å². The average molecular weight is 417 g/mol. The lowest BCUT2D eigenvalue weighted by atomic mass is 9.84. The maximum Gasteiger partial charge on any atom is 0.306 e. The minimum atomic E-state index is -1.52. The number of nitrogens with zero attached hydrogens (tertiary/aromatic N) is 1. The molecule has 0 amide bonds. The SMILES string of the molecule is CC(=O)OCCCC(CCC(=O)OC(C)(C)C)(CCC(=O)OC(C)(C)C)[N+](=O)[O-]. The van der Waals surface area contributed by atoms with E-state index in [0.717, 1.165) is 0 Å². The fourth-order valence-electron chi connectivity index (χ4n) is 2.72. The summed E-state index contributed by atoms with van der Waals surface area (Å²) >= 11 is 0. The summed E-state index contributed by atoms with van der Waals surface area (Å²) in [6.45, 7) is 11.6. The second kappa shape index (κ2) is 11.1. The van der Waals surface area contributed by atoms with Crippen LogP contribution < -0.4 is 0 Å². The number of rotatable bonds is 11. The molecule has 0 aliphatic carbocycles. The summed E-state index contributed by atoms with van der Waals surface area (Å²) in [6, 6.07) is 0. The fourth-order valence-corrected chi connectivity index (χ4v) is 2.72. The van der Waals surface area contributed by atoms with E-state index < -0.39 is 39.6 Å². The molecular weight excluding hydrogens is 382 g/mol. The van der Waals surface area contributed by atoms with Gasteiger partial charge in [0, 0.05) is 31.1 Å². The highest BCUT2D eigenvalue weighted by molar-refractivity contribution is 5.70. The van der Waals surface area contributed by atoms with Gasteiger partial charge >= 0.3 is 17.9 Å². The first kappa shape index (κ1) is 26.8. The summed E-state index contributed by atoms with van der Waals surface area (Å²) in [4.78, 5) is 46.5. The van der Waals surface area contributed by atoms with Crippen molar-refractivity contribution in [3.05, 3.63) is 10.1 Å². The van der Waals surface area contributed by atoms with Gasteiger partial charge in [0.05, 0.1) is 19.4 Å². The van der Waals surface area contributed by atoms with Crippen LogP contribution in [-0.2, 0) is 28.6 Å². The second-order valence-corrected chi connectivity index (χ2v) is 9.10.